The molecule has 0 saturated carbocycles. The molecule has 4 rings (SSSR count). The van der Waals surface area contributed by atoms with Gasteiger partial charge in [-0.2, -0.15) is 11.6 Å². The fourth-order valence-corrected chi connectivity index (χ4v) is 12.1. The standard InChI is InChI=1S/C39H51Si.3ClH.Ti/c1-10-28-19-29(11-2)23-34(22-28)40(38-18-16-17-37(38)39(7,8)9,35-24-30(12-3)20-31(13-4)25-35)36-26-32(14-5)21-33(15-6)27-36;;;;/h16-27H,10-15H2,1-9H3;3*1H;/q-1;;;;+4/p-3. The average molecular weight is 702 g/mol. The van der Waals surface area contributed by atoms with Crippen molar-refractivity contribution in [1.82, 2.24) is 0 Å². The largest absolute Gasteiger partial charge is 4.00 e. The van der Waals surface area contributed by atoms with Crippen LogP contribution in [0.25, 0.3) is 0 Å². The fraction of sp³-hybridized carbons (Fsp3) is 0.410. The quantitative estimate of drug-likeness (QED) is 0.107. The third-order valence-electron chi connectivity index (χ3n) is 8.93. The Kier molecular flexibility index (Phi) is 17.7. The van der Waals surface area contributed by atoms with Crippen molar-refractivity contribution < 1.29 is 58.9 Å². The van der Waals surface area contributed by atoms with Gasteiger partial charge in [-0.15, -0.1) is 5.19 Å². The van der Waals surface area contributed by atoms with Gasteiger partial charge in [0.05, 0.1) is 0 Å². The van der Waals surface area contributed by atoms with E-state index in [0.717, 1.165) is 38.5 Å². The van der Waals surface area contributed by atoms with Crippen LogP contribution in [0.1, 0.15) is 101 Å². The zero-order valence-corrected chi connectivity index (χ0v) is 33.1. The first-order valence-corrected chi connectivity index (χ1v) is 17.8. The molecule has 236 valence electrons. The van der Waals surface area contributed by atoms with Crippen LogP contribution in [0.4, 0.5) is 0 Å². The Balaban J connectivity index is 0.00000462. The number of rotatable bonds is 10. The molecule has 5 heteroatoms. The third-order valence-corrected chi connectivity index (χ3v) is 13.6. The predicted octanol–water partition coefficient (Wildman–Crippen LogP) is -1.54. The number of hydrogen-bond acceptors (Lipinski definition) is 0. The smallest absolute Gasteiger partial charge is 1.00 e. The monoisotopic (exact) mass is 700 g/mol. The maximum atomic E-state index is 2.58. The van der Waals surface area contributed by atoms with E-state index in [1.807, 2.05) is 0 Å². The van der Waals surface area contributed by atoms with Gasteiger partial charge in [-0.1, -0.05) is 132 Å². The van der Waals surface area contributed by atoms with E-state index in [0.29, 0.717) is 0 Å². The van der Waals surface area contributed by atoms with Crippen molar-refractivity contribution in [3.63, 3.8) is 0 Å². The van der Waals surface area contributed by atoms with Gasteiger partial charge in [0.1, 0.15) is 8.07 Å². The van der Waals surface area contributed by atoms with Crippen molar-refractivity contribution in [1.29, 1.82) is 0 Å². The molecule has 0 saturated heterocycles. The van der Waals surface area contributed by atoms with Crippen LogP contribution in [-0.2, 0) is 65.7 Å². The SMILES string of the molecule is CCc1cc(CC)cc([Si](c2cc(CC)cc(CC)c2)(c2cc(CC)cc(CC)c2)[c-]2cccc2C(C)(C)C)c1.[Cl-].[Cl-].[Cl-].[Ti+4]. The molecular formula is C39H51Cl3SiTi. The van der Waals surface area contributed by atoms with Crippen molar-refractivity contribution in [2.45, 2.75) is 106 Å². The molecule has 0 aliphatic rings. The molecule has 0 unspecified atom stereocenters. The van der Waals surface area contributed by atoms with E-state index in [1.54, 1.807) is 20.7 Å². The van der Waals surface area contributed by atoms with Crippen LogP contribution < -0.4 is 58.0 Å². The Bertz CT molecular complexity index is 1260. The van der Waals surface area contributed by atoms with Crippen molar-refractivity contribution in [2.24, 2.45) is 0 Å². The topological polar surface area (TPSA) is 0 Å². The molecule has 0 nitrogen and oxygen atoms in total. The molecule has 0 aromatic heterocycles. The van der Waals surface area contributed by atoms with Gasteiger partial charge < -0.3 is 37.2 Å². The number of hydrogen-bond donors (Lipinski definition) is 0. The molecule has 44 heavy (non-hydrogen) atoms. The van der Waals surface area contributed by atoms with Crippen LogP contribution in [0.2, 0.25) is 0 Å². The van der Waals surface area contributed by atoms with E-state index in [4.69, 9.17) is 0 Å². The summed E-state index contributed by atoms with van der Waals surface area (Å²) >= 11 is 0. The van der Waals surface area contributed by atoms with E-state index < -0.39 is 8.07 Å². The van der Waals surface area contributed by atoms with Crippen molar-refractivity contribution in [2.75, 3.05) is 0 Å². The number of benzene rings is 3. The Morgan fingerprint density at radius 2 is 0.773 bits per heavy atom. The molecule has 0 amide bonds. The summed E-state index contributed by atoms with van der Waals surface area (Å²) in [6.45, 7) is 21.0. The second-order valence-electron chi connectivity index (χ2n) is 12.6. The first-order chi connectivity index (χ1) is 19.1. The molecule has 0 radical (unpaired) electrons. The van der Waals surface area contributed by atoms with Gasteiger partial charge in [-0.25, -0.2) is 12.1 Å². The molecule has 0 bridgehead atoms. The van der Waals surface area contributed by atoms with Crippen LogP contribution in [0.15, 0.2) is 72.8 Å². The summed E-state index contributed by atoms with van der Waals surface area (Å²) in [6.07, 6.45) is 6.35. The van der Waals surface area contributed by atoms with Gasteiger partial charge in [0.15, 0.2) is 0 Å². The van der Waals surface area contributed by atoms with Gasteiger partial charge >= 0.3 is 21.7 Å². The zero-order valence-electron chi connectivity index (χ0n) is 28.3. The normalized spacial score (nSPS) is 11.1. The third kappa shape index (κ3) is 8.58. The summed E-state index contributed by atoms with van der Waals surface area (Å²) in [6, 6.07) is 30.1. The maximum Gasteiger partial charge on any atom is 4.00 e. The minimum Gasteiger partial charge on any atom is -1.00 e. The van der Waals surface area contributed by atoms with Crippen molar-refractivity contribution in [3.8, 4) is 0 Å². The van der Waals surface area contributed by atoms with Crippen LogP contribution in [0, 0.1) is 0 Å². The van der Waals surface area contributed by atoms with Crippen LogP contribution >= 0.6 is 0 Å². The Morgan fingerprint density at radius 3 is 1.00 bits per heavy atom. The molecule has 4 aromatic rings. The number of aryl methyl sites for hydroxylation is 6. The maximum absolute atomic E-state index is 2.69. The first kappa shape index (κ1) is 42.8. The first-order valence-electron chi connectivity index (χ1n) is 15.8. The Hall–Kier alpha value is -1.19. The Labute approximate surface area is 303 Å². The van der Waals surface area contributed by atoms with Crippen LogP contribution in [-0.4, -0.2) is 8.07 Å². The summed E-state index contributed by atoms with van der Waals surface area (Å²) in [4.78, 5) is 0. The summed E-state index contributed by atoms with van der Waals surface area (Å²) in [7, 11) is -2.69. The van der Waals surface area contributed by atoms with E-state index in [-0.39, 0.29) is 64.4 Å². The molecule has 0 aliphatic heterocycles. The van der Waals surface area contributed by atoms with Gasteiger partial charge in [0, 0.05) is 0 Å². The van der Waals surface area contributed by atoms with Crippen LogP contribution in [0.3, 0.4) is 0 Å². The number of halogens is 3. The van der Waals surface area contributed by atoms with E-state index in [1.165, 1.54) is 38.9 Å². The van der Waals surface area contributed by atoms with Crippen LogP contribution in [0.5, 0.6) is 0 Å². The second-order valence-corrected chi connectivity index (χ2v) is 16.4. The van der Waals surface area contributed by atoms with Gasteiger partial charge in [0.2, 0.25) is 0 Å². The van der Waals surface area contributed by atoms with E-state index in [9.17, 15) is 0 Å². The van der Waals surface area contributed by atoms with Gasteiger partial charge in [0.25, 0.3) is 0 Å². The molecule has 0 atom stereocenters. The zero-order chi connectivity index (χ0) is 29.1. The van der Waals surface area contributed by atoms with Gasteiger partial charge in [-0.3, -0.25) is 0 Å². The molecule has 4 aromatic carbocycles. The molecule has 0 heterocycles. The molecule has 0 N–H and O–H groups in total. The average Bonchev–Trinajstić information content (AvgIpc) is 3.48. The second kappa shape index (κ2) is 18.2. The minimum absolute atomic E-state index is 0. The molecule has 0 spiro atoms. The predicted molar refractivity (Wildman–Crippen MR) is 181 cm³/mol. The molecule has 0 aliphatic carbocycles. The van der Waals surface area contributed by atoms with E-state index >= 15 is 0 Å². The van der Waals surface area contributed by atoms with Gasteiger partial charge in [-0.05, 0) is 77.3 Å². The Morgan fingerprint density at radius 1 is 0.500 bits per heavy atom. The van der Waals surface area contributed by atoms with E-state index in [2.05, 4.69) is 135 Å². The molecular weight excluding hydrogens is 651 g/mol. The van der Waals surface area contributed by atoms with Crippen molar-refractivity contribution >= 4 is 28.8 Å². The minimum atomic E-state index is -2.69. The summed E-state index contributed by atoms with van der Waals surface area (Å²) in [5.74, 6) is 0. The molecule has 0 fully saturated rings. The summed E-state index contributed by atoms with van der Waals surface area (Å²) in [5.41, 5.74) is 10.3. The van der Waals surface area contributed by atoms with Crippen molar-refractivity contribution in [3.05, 3.63) is 112 Å². The summed E-state index contributed by atoms with van der Waals surface area (Å²) in [5, 5.41) is 6.21. The fourth-order valence-electron chi connectivity index (χ4n) is 6.53. The summed E-state index contributed by atoms with van der Waals surface area (Å²) < 4.78 is 0.